The number of anilines is 1. The van der Waals surface area contributed by atoms with Crippen LogP contribution in [0, 0.1) is 6.92 Å². The lowest BCUT2D eigenvalue weighted by atomic mass is 10.1. The molecule has 4 rings (SSSR count). The molecule has 0 spiro atoms. The van der Waals surface area contributed by atoms with Crippen LogP contribution in [0.5, 0.6) is 11.6 Å². The smallest absolute Gasteiger partial charge is 0.343 e. The fraction of sp³-hybridized carbons (Fsp3) is 0.300. The number of piperidine rings is 1. The monoisotopic (exact) mass is 394 g/mol. The Morgan fingerprint density at radius 1 is 1.17 bits per heavy atom. The molecule has 29 heavy (non-hydrogen) atoms. The van der Waals surface area contributed by atoms with Crippen LogP contribution in [0.2, 0.25) is 0 Å². The lowest BCUT2D eigenvalue weighted by Gasteiger charge is -2.31. The van der Waals surface area contributed by atoms with Crippen molar-refractivity contribution in [2.45, 2.75) is 25.8 Å². The molecule has 3 heterocycles. The summed E-state index contributed by atoms with van der Waals surface area (Å²) in [6.45, 7) is 3.14. The summed E-state index contributed by atoms with van der Waals surface area (Å²) < 4.78 is 7.29. The number of likely N-dealkylation sites (tertiary alicyclic amines) is 1. The van der Waals surface area contributed by atoms with Crippen molar-refractivity contribution in [3.05, 3.63) is 65.0 Å². The van der Waals surface area contributed by atoms with Crippen molar-refractivity contribution >= 4 is 11.7 Å². The second-order valence-corrected chi connectivity index (χ2v) is 7.02. The van der Waals surface area contributed by atoms with Crippen molar-refractivity contribution in [2.75, 3.05) is 18.4 Å². The molecule has 9 nitrogen and oxygen atoms in total. The second kappa shape index (κ2) is 8.17. The van der Waals surface area contributed by atoms with Gasteiger partial charge in [-0.15, -0.1) is 0 Å². The van der Waals surface area contributed by atoms with Crippen LogP contribution in [0.15, 0.2) is 53.7 Å². The minimum absolute atomic E-state index is 0.0603. The topological polar surface area (TPSA) is 105 Å². The van der Waals surface area contributed by atoms with E-state index < -0.39 is 0 Å². The fourth-order valence-electron chi connectivity index (χ4n) is 3.31. The van der Waals surface area contributed by atoms with Gasteiger partial charge in [-0.25, -0.2) is 19.7 Å². The zero-order valence-electron chi connectivity index (χ0n) is 16.0. The van der Waals surface area contributed by atoms with Gasteiger partial charge >= 0.3 is 11.7 Å². The van der Waals surface area contributed by atoms with E-state index in [2.05, 4.69) is 20.5 Å². The highest BCUT2D eigenvalue weighted by atomic mass is 16.5. The van der Waals surface area contributed by atoms with Crippen molar-refractivity contribution in [2.24, 2.45) is 0 Å². The van der Waals surface area contributed by atoms with Crippen molar-refractivity contribution in [3.63, 3.8) is 0 Å². The lowest BCUT2D eigenvalue weighted by molar-refractivity contribution is 0.183. The summed E-state index contributed by atoms with van der Waals surface area (Å²) in [6, 6.07) is 11.1. The first-order valence-corrected chi connectivity index (χ1v) is 9.46. The van der Waals surface area contributed by atoms with Crippen LogP contribution in [-0.2, 0) is 0 Å². The molecule has 150 valence electrons. The largest absolute Gasteiger partial charge is 0.439 e. The molecule has 0 unspecified atom stereocenters. The van der Waals surface area contributed by atoms with E-state index in [0.29, 0.717) is 43.2 Å². The Labute approximate surface area is 167 Å². The lowest BCUT2D eigenvalue weighted by Crippen LogP contribution is -2.42. The number of nitrogens with one attached hydrogen (secondary N) is 2. The molecule has 0 atom stereocenters. The van der Waals surface area contributed by atoms with Crippen molar-refractivity contribution in [3.8, 4) is 11.6 Å². The number of amides is 2. The predicted molar refractivity (Wildman–Crippen MR) is 107 cm³/mol. The number of urea groups is 1. The Morgan fingerprint density at radius 2 is 1.93 bits per heavy atom. The van der Waals surface area contributed by atoms with Gasteiger partial charge in [0.25, 0.3) is 0 Å². The van der Waals surface area contributed by atoms with Gasteiger partial charge in [0.05, 0.1) is 11.9 Å². The van der Waals surface area contributed by atoms with Crippen molar-refractivity contribution < 1.29 is 9.53 Å². The maximum atomic E-state index is 12.5. The Kier molecular flexibility index (Phi) is 5.28. The third-order valence-electron chi connectivity index (χ3n) is 4.95. The van der Waals surface area contributed by atoms with Gasteiger partial charge in [-0.1, -0.05) is 17.7 Å². The summed E-state index contributed by atoms with van der Waals surface area (Å²) in [4.78, 5) is 30.2. The van der Waals surface area contributed by atoms with Crippen LogP contribution in [0.3, 0.4) is 0 Å². The SMILES string of the molecule is Cc1ccc(Oc2ccc(NC(=O)N3CCC(n4cn[nH]c4=O)CC3)cn2)cc1. The molecule has 1 saturated heterocycles. The molecule has 0 saturated carbocycles. The summed E-state index contributed by atoms with van der Waals surface area (Å²) in [5, 5.41) is 9.01. The standard InChI is InChI=1S/C20H22N6O3/c1-14-2-5-17(6-3-14)29-18-7-4-15(12-21-18)23-19(27)25-10-8-16(9-11-25)26-13-22-24-20(26)28/h2-7,12-13,16H,8-11H2,1H3,(H,23,27)(H,24,28). The number of aromatic amines is 1. The van der Waals surface area contributed by atoms with E-state index in [9.17, 15) is 9.59 Å². The molecule has 1 fully saturated rings. The predicted octanol–water partition coefficient (Wildman–Crippen LogP) is 2.94. The van der Waals surface area contributed by atoms with Crippen LogP contribution >= 0.6 is 0 Å². The number of aryl methyl sites for hydroxylation is 1. The molecular formula is C20H22N6O3. The van der Waals surface area contributed by atoms with Crippen LogP contribution in [0.4, 0.5) is 10.5 Å². The zero-order valence-corrected chi connectivity index (χ0v) is 16.0. The van der Waals surface area contributed by atoms with Gasteiger partial charge < -0.3 is 15.0 Å². The first-order chi connectivity index (χ1) is 14.1. The Hall–Kier alpha value is -3.62. The molecular weight excluding hydrogens is 372 g/mol. The first kappa shape index (κ1) is 18.7. The molecule has 2 N–H and O–H groups in total. The molecule has 0 bridgehead atoms. The molecule has 9 heteroatoms. The van der Waals surface area contributed by atoms with Gasteiger partial charge in [-0.3, -0.25) is 4.57 Å². The average molecular weight is 394 g/mol. The minimum Gasteiger partial charge on any atom is -0.439 e. The number of aromatic nitrogens is 4. The Balaban J connectivity index is 1.30. The van der Waals surface area contributed by atoms with Gasteiger partial charge in [0.2, 0.25) is 5.88 Å². The Bertz CT molecular complexity index is 1020. The molecule has 2 aromatic heterocycles. The van der Waals surface area contributed by atoms with Crippen molar-refractivity contribution in [1.82, 2.24) is 24.6 Å². The van der Waals surface area contributed by atoms with Crippen molar-refractivity contribution in [1.29, 1.82) is 0 Å². The molecule has 0 aliphatic carbocycles. The molecule has 2 amide bonds. The highest BCUT2D eigenvalue weighted by Gasteiger charge is 2.24. The number of ether oxygens (including phenoxy) is 1. The number of nitrogens with zero attached hydrogens (tertiary/aromatic N) is 4. The van der Waals surface area contributed by atoms with Gasteiger partial charge in [-0.05, 0) is 38.0 Å². The summed E-state index contributed by atoms with van der Waals surface area (Å²) in [7, 11) is 0. The van der Waals surface area contributed by atoms with E-state index in [1.807, 2.05) is 31.2 Å². The van der Waals surface area contributed by atoms with Crippen LogP contribution in [0.25, 0.3) is 0 Å². The van der Waals surface area contributed by atoms with E-state index in [1.165, 1.54) is 6.33 Å². The molecule has 0 radical (unpaired) electrons. The van der Waals surface area contributed by atoms with Gasteiger partial charge in [0.1, 0.15) is 12.1 Å². The number of carbonyl (C=O) groups excluding carboxylic acids is 1. The van der Waals surface area contributed by atoms with E-state index >= 15 is 0 Å². The normalized spacial score (nSPS) is 14.6. The van der Waals surface area contributed by atoms with Crippen LogP contribution in [0.1, 0.15) is 24.4 Å². The van der Waals surface area contributed by atoms with Crippen LogP contribution in [-0.4, -0.2) is 43.8 Å². The maximum Gasteiger partial charge on any atom is 0.343 e. The number of pyridine rings is 1. The van der Waals surface area contributed by atoms with E-state index in [-0.39, 0.29) is 17.8 Å². The number of H-pyrrole nitrogens is 1. The summed E-state index contributed by atoms with van der Waals surface area (Å²) in [5.41, 5.74) is 1.54. The van der Waals surface area contributed by atoms with E-state index in [0.717, 1.165) is 5.56 Å². The van der Waals surface area contributed by atoms with Gasteiger partial charge in [0, 0.05) is 25.2 Å². The number of carbonyl (C=O) groups is 1. The van der Waals surface area contributed by atoms with Crippen LogP contribution < -0.4 is 15.7 Å². The second-order valence-electron chi connectivity index (χ2n) is 7.02. The van der Waals surface area contributed by atoms with E-state index in [4.69, 9.17) is 4.74 Å². The number of benzene rings is 1. The van der Waals surface area contributed by atoms with E-state index in [1.54, 1.807) is 27.8 Å². The van der Waals surface area contributed by atoms with Gasteiger partial charge in [0.15, 0.2) is 0 Å². The first-order valence-electron chi connectivity index (χ1n) is 9.46. The molecule has 3 aromatic rings. The maximum absolute atomic E-state index is 12.5. The number of rotatable bonds is 4. The quantitative estimate of drug-likeness (QED) is 0.708. The summed E-state index contributed by atoms with van der Waals surface area (Å²) >= 11 is 0. The minimum atomic E-state index is -0.216. The Morgan fingerprint density at radius 3 is 2.55 bits per heavy atom. The molecule has 1 aliphatic heterocycles. The highest BCUT2D eigenvalue weighted by molar-refractivity contribution is 5.89. The highest BCUT2D eigenvalue weighted by Crippen LogP contribution is 2.23. The third kappa shape index (κ3) is 4.45. The summed E-state index contributed by atoms with van der Waals surface area (Å²) in [6.07, 6.45) is 4.48. The summed E-state index contributed by atoms with van der Waals surface area (Å²) in [5.74, 6) is 1.16. The molecule has 1 aliphatic rings. The average Bonchev–Trinajstić information content (AvgIpc) is 3.17. The third-order valence-corrected chi connectivity index (χ3v) is 4.95. The fourth-order valence-corrected chi connectivity index (χ4v) is 3.31. The zero-order chi connectivity index (χ0) is 20.2. The van der Waals surface area contributed by atoms with Gasteiger partial charge in [-0.2, -0.15) is 5.10 Å². The number of hydrogen-bond donors (Lipinski definition) is 2. The molecule has 1 aromatic carbocycles. The number of hydrogen-bond acceptors (Lipinski definition) is 5.